The molecule has 0 radical (unpaired) electrons. The molecule has 0 fully saturated rings. The van der Waals surface area contributed by atoms with Crippen molar-refractivity contribution in [1.82, 2.24) is 9.55 Å². The van der Waals surface area contributed by atoms with Gasteiger partial charge < -0.3 is 5.11 Å². The third-order valence-corrected chi connectivity index (χ3v) is 2.16. The molecule has 0 bridgehead atoms. The van der Waals surface area contributed by atoms with Crippen LogP contribution in [0.3, 0.4) is 0 Å². The number of hydrogen-bond donors (Lipinski definition) is 1. The molecular formula is C11H10N2O2. The van der Waals surface area contributed by atoms with Crippen LogP contribution in [0.15, 0.2) is 36.7 Å². The molecular weight excluding hydrogens is 192 g/mol. The highest BCUT2D eigenvalue weighted by atomic mass is 16.3. The normalized spacial score (nSPS) is 10.2. The highest BCUT2D eigenvalue weighted by Gasteiger charge is 2.09. The lowest BCUT2D eigenvalue weighted by Crippen LogP contribution is -2.12. The summed E-state index contributed by atoms with van der Waals surface area (Å²) in [4.78, 5) is 15.9. The molecule has 0 amide bonds. The average molecular weight is 202 g/mol. The number of carbonyl (C=O) groups is 1. The first kappa shape index (κ1) is 9.45. The zero-order valence-electron chi connectivity index (χ0n) is 8.21. The van der Waals surface area contributed by atoms with Gasteiger partial charge in [-0.15, -0.1) is 0 Å². The van der Waals surface area contributed by atoms with Crippen LogP contribution in [0.4, 0.5) is 0 Å². The number of hydrogen-bond acceptors (Lipinski definition) is 3. The summed E-state index contributed by atoms with van der Waals surface area (Å²) >= 11 is 0. The van der Waals surface area contributed by atoms with E-state index in [9.17, 15) is 4.79 Å². The first-order chi connectivity index (χ1) is 7.18. The van der Waals surface area contributed by atoms with Crippen molar-refractivity contribution in [1.29, 1.82) is 0 Å². The largest absolute Gasteiger partial charge is 0.508 e. The maximum atomic E-state index is 11.9. The topological polar surface area (TPSA) is 55.1 Å². The standard InChI is InChI=1S/C11H10N2O2/c1-8-12-6-7-13(8)11(15)9-2-4-10(14)5-3-9/h2-7,14H,1H3. The van der Waals surface area contributed by atoms with Crippen molar-refractivity contribution in [3.63, 3.8) is 0 Å². The Hall–Kier alpha value is -2.10. The van der Waals surface area contributed by atoms with E-state index in [0.717, 1.165) is 0 Å². The minimum Gasteiger partial charge on any atom is -0.508 e. The first-order valence-electron chi connectivity index (χ1n) is 4.52. The van der Waals surface area contributed by atoms with Gasteiger partial charge in [0.15, 0.2) is 0 Å². The van der Waals surface area contributed by atoms with E-state index in [-0.39, 0.29) is 11.7 Å². The Kier molecular flexibility index (Phi) is 2.25. The van der Waals surface area contributed by atoms with Gasteiger partial charge in [0.05, 0.1) is 0 Å². The van der Waals surface area contributed by atoms with E-state index >= 15 is 0 Å². The van der Waals surface area contributed by atoms with Gasteiger partial charge in [-0.05, 0) is 31.2 Å². The van der Waals surface area contributed by atoms with Crippen molar-refractivity contribution >= 4 is 5.91 Å². The number of nitrogens with zero attached hydrogens (tertiary/aromatic N) is 2. The molecule has 2 aromatic rings. The van der Waals surface area contributed by atoms with E-state index in [1.165, 1.54) is 16.7 Å². The van der Waals surface area contributed by atoms with Crippen LogP contribution in [0.1, 0.15) is 16.2 Å². The molecule has 0 unspecified atom stereocenters. The molecule has 0 spiro atoms. The first-order valence-corrected chi connectivity index (χ1v) is 4.52. The van der Waals surface area contributed by atoms with Crippen LogP contribution in [-0.4, -0.2) is 20.6 Å². The summed E-state index contributed by atoms with van der Waals surface area (Å²) in [5.41, 5.74) is 0.522. The van der Waals surface area contributed by atoms with Crippen molar-refractivity contribution in [2.45, 2.75) is 6.92 Å². The summed E-state index contributed by atoms with van der Waals surface area (Å²) in [6, 6.07) is 6.13. The van der Waals surface area contributed by atoms with E-state index in [4.69, 9.17) is 5.11 Å². The van der Waals surface area contributed by atoms with E-state index in [1.54, 1.807) is 31.5 Å². The van der Waals surface area contributed by atoms with E-state index in [0.29, 0.717) is 11.4 Å². The smallest absolute Gasteiger partial charge is 0.263 e. The summed E-state index contributed by atoms with van der Waals surface area (Å²) in [5.74, 6) is 0.645. The molecule has 0 aliphatic rings. The fourth-order valence-electron chi connectivity index (χ4n) is 1.34. The van der Waals surface area contributed by atoms with Gasteiger partial charge in [0.25, 0.3) is 5.91 Å². The summed E-state index contributed by atoms with van der Waals surface area (Å²) in [5, 5.41) is 9.09. The molecule has 1 aromatic heterocycles. The number of carbonyl (C=O) groups excluding carboxylic acids is 1. The second kappa shape index (κ2) is 3.57. The van der Waals surface area contributed by atoms with Crippen LogP contribution in [0.5, 0.6) is 5.75 Å². The monoisotopic (exact) mass is 202 g/mol. The number of phenols is 1. The Morgan fingerprint density at radius 2 is 2.00 bits per heavy atom. The summed E-state index contributed by atoms with van der Waals surface area (Å²) < 4.78 is 1.46. The zero-order valence-corrected chi connectivity index (χ0v) is 8.21. The number of imidazole rings is 1. The molecule has 4 heteroatoms. The van der Waals surface area contributed by atoms with Crippen LogP contribution >= 0.6 is 0 Å². The van der Waals surface area contributed by atoms with Gasteiger partial charge in [0, 0.05) is 18.0 Å². The van der Waals surface area contributed by atoms with Gasteiger partial charge >= 0.3 is 0 Å². The van der Waals surface area contributed by atoms with Crippen LogP contribution in [-0.2, 0) is 0 Å². The van der Waals surface area contributed by atoms with E-state index < -0.39 is 0 Å². The molecule has 76 valence electrons. The molecule has 15 heavy (non-hydrogen) atoms. The van der Waals surface area contributed by atoms with E-state index in [2.05, 4.69) is 4.98 Å². The molecule has 1 aromatic carbocycles. The van der Waals surface area contributed by atoms with Crippen LogP contribution < -0.4 is 0 Å². The average Bonchev–Trinajstić information content (AvgIpc) is 2.65. The molecule has 1 heterocycles. The third kappa shape index (κ3) is 1.74. The van der Waals surface area contributed by atoms with Gasteiger partial charge in [-0.2, -0.15) is 0 Å². The maximum Gasteiger partial charge on any atom is 0.263 e. The molecule has 2 rings (SSSR count). The number of benzene rings is 1. The second-order valence-corrected chi connectivity index (χ2v) is 3.20. The molecule has 0 saturated heterocycles. The van der Waals surface area contributed by atoms with Crippen molar-refractivity contribution < 1.29 is 9.90 Å². The summed E-state index contributed by atoms with van der Waals surface area (Å²) in [7, 11) is 0. The van der Waals surface area contributed by atoms with Crippen molar-refractivity contribution in [2.75, 3.05) is 0 Å². The van der Waals surface area contributed by atoms with Crippen LogP contribution in [0, 0.1) is 6.92 Å². The van der Waals surface area contributed by atoms with Gasteiger partial charge in [-0.25, -0.2) is 4.98 Å². The van der Waals surface area contributed by atoms with Gasteiger partial charge in [-0.1, -0.05) is 0 Å². The lowest BCUT2D eigenvalue weighted by Gasteiger charge is -2.03. The minimum atomic E-state index is -0.148. The third-order valence-electron chi connectivity index (χ3n) is 2.16. The number of phenolic OH excluding ortho intramolecular Hbond substituents is 1. The minimum absolute atomic E-state index is 0.147. The summed E-state index contributed by atoms with van der Waals surface area (Å²) in [6.45, 7) is 1.76. The molecule has 4 nitrogen and oxygen atoms in total. The molecule has 0 aliphatic carbocycles. The highest BCUT2D eigenvalue weighted by molar-refractivity contribution is 5.96. The lowest BCUT2D eigenvalue weighted by atomic mass is 10.2. The maximum absolute atomic E-state index is 11.9. The number of aromatic nitrogens is 2. The predicted octanol–water partition coefficient (Wildman–Crippen LogP) is 1.59. The van der Waals surface area contributed by atoms with Crippen LogP contribution in [0.25, 0.3) is 0 Å². The molecule has 0 saturated carbocycles. The van der Waals surface area contributed by atoms with Crippen LogP contribution in [0.2, 0.25) is 0 Å². The Bertz CT molecular complexity index is 486. The number of aromatic hydroxyl groups is 1. The molecule has 0 atom stereocenters. The SMILES string of the molecule is Cc1nccn1C(=O)c1ccc(O)cc1. The Morgan fingerprint density at radius 1 is 1.33 bits per heavy atom. The molecule has 0 aliphatic heterocycles. The summed E-state index contributed by atoms with van der Waals surface area (Å²) in [6.07, 6.45) is 3.19. The Morgan fingerprint density at radius 3 is 2.53 bits per heavy atom. The Labute approximate surface area is 86.8 Å². The van der Waals surface area contributed by atoms with Gasteiger partial charge in [0.1, 0.15) is 11.6 Å². The van der Waals surface area contributed by atoms with E-state index in [1.807, 2.05) is 0 Å². The lowest BCUT2D eigenvalue weighted by molar-refractivity contribution is 0.0957. The molecule has 1 N–H and O–H groups in total. The highest BCUT2D eigenvalue weighted by Crippen LogP contribution is 2.11. The fraction of sp³-hybridized carbons (Fsp3) is 0.0909. The number of aryl methyl sites for hydroxylation is 1. The van der Waals surface area contributed by atoms with Gasteiger partial charge in [-0.3, -0.25) is 9.36 Å². The quantitative estimate of drug-likeness (QED) is 0.763. The van der Waals surface area contributed by atoms with Crippen molar-refractivity contribution in [2.24, 2.45) is 0 Å². The number of rotatable bonds is 1. The fourth-order valence-corrected chi connectivity index (χ4v) is 1.34. The zero-order chi connectivity index (χ0) is 10.8. The second-order valence-electron chi connectivity index (χ2n) is 3.20. The van der Waals surface area contributed by atoms with Crippen molar-refractivity contribution in [3.8, 4) is 5.75 Å². The van der Waals surface area contributed by atoms with Crippen molar-refractivity contribution in [3.05, 3.63) is 48.0 Å². The van der Waals surface area contributed by atoms with Gasteiger partial charge in [0.2, 0.25) is 0 Å². The predicted molar refractivity (Wildman–Crippen MR) is 54.8 cm³/mol. The Balaban J connectivity index is 2.37.